The summed E-state index contributed by atoms with van der Waals surface area (Å²) in [5, 5.41) is 3.91. The Hall–Kier alpha value is -4.58. The van der Waals surface area contributed by atoms with Crippen LogP contribution in [0, 0.1) is 13.8 Å². The summed E-state index contributed by atoms with van der Waals surface area (Å²) < 4.78 is 73.7. The number of amides is 1. The van der Waals surface area contributed by atoms with Crippen LogP contribution >= 0.6 is 0 Å². The Morgan fingerprint density at radius 3 is 2.22 bits per heavy atom. The number of sulfonamides is 1. The van der Waals surface area contributed by atoms with Crippen molar-refractivity contribution in [1.29, 1.82) is 0 Å². The van der Waals surface area contributed by atoms with Crippen LogP contribution in [-0.2, 0) is 21.0 Å². The van der Waals surface area contributed by atoms with Gasteiger partial charge in [0, 0.05) is 17.0 Å². The number of benzene rings is 3. The molecule has 0 aliphatic carbocycles. The first-order valence-corrected chi connectivity index (χ1v) is 14.2. The quantitative estimate of drug-likeness (QED) is 0.198. The number of alkyl halides is 3. The summed E-state index contributed by atoms with van der Waals surface area (Å²) in [6.45, 7) is 2.75. The van der Waals surface area contributed by atoms with Gasteiger partial charge in [-0.05, 0) is 68.4 Å². The van der Waals surface area contributed by atoms with E-state index in [-0.39, 0.29) is 11.4 Å². The number of carbonyl (C=O) groups excluding carboxylic acids is 1. The Labute approximate surface area is 235 Å². The lowest BCUT2D eigenvalue weighted by Crippen LogP contribution is -2.39. The van der Waals surface area contributed by atoms with Gasteiger partial charge in [0.15, 0.2) is 0 Å². The van der Waals surface area contributed by atoms with E-state index in [1.807, 2.05) is 18.2 Å². The van der Waals surface area contributed by atoms with Gasteiger partial charge in [-0.25, -0.2) is 13.8 Å². The minimum atomic E-state index is -4.54. The largest absolute Gasteiger partial charge is 0.457 e. The monoisotopic (exact) mass is 584 g/mol. The van der Waals surface area contributed by atoms with Crippen molar-refractivity contribution in [2.75, 3.05) is 17.1 Å². The van der Waals surface area contributed by atoms with Gasteiger partial charge >= 0.3 is 6.18 Å². The second-order valence-electron chi connectivity index (χ2n) is 9.15. The average Bonchev–Trinajstić information content (AvgIpc) is 3.19. The van der Waals surface area contributed by atoms with Gasteiger partial charge in [0.2, 0.25) is 10.0 Å². The first-order valence-electron chi connectivity index (χ1n) is 12.3. The Morgan fingerprint density at radius 2 is 1.59 bits per heavy atom. The highest BCUT2D eigenvalue weighted by atomic mass is 32.2. The van der Waals surface area contributed by atoms with Crippen LogP contribution in [0.1, 0.15) is 22.5 Å². The predicted molar refractivity (Wildman–Crippen MR) is 151 cm³/mol. The van der Waals surface area contributed by atoms with E-state index >= 15 is 0 Å². The van der Waals surface area contributed by atoms with E-state index in [0.29, 0.717) is 28.5 Å². The van der Waals surface area contributed by atoms with Crippen LogP contribution in [-0.4, -0.2) is 37.9 Å². The Bertz CT molecular complexity index is 1670. The molecule has 1 N–H and O–H groups in total. The number of halogens is 3. The van der Waals surface area contributed by atoms with Crippen molar-refractivity contribution in [1.82, 2.24) is 9.99 Å². The molecule has 4 rings (SSSR count). The molecule has 0 spiro atoms. The van der Waals surface area contributed by atoms with Gasteiger partial charge in [0.05, 0.1) is 29.4 Å². The van der Waals surface area contributed by atoms with Crippen LogP contribution in [0.2, 0.25) is 0 Å². The van der Waals surface area contributed by atoms with Crippen molar-refractivity contribution in [3.8, 4) is 17.2 Å². The molecule has 1 amide bonds. The van der Waals surface area contributed by atoms with Crippen molar-refractivity contribution in [3.63, 3.8) is 0 Å². The first-order chi connectivity index (χ1) is 19.3. The minimum Gasteiger partial charge on any atom is -0.457 e. The number of anilines is 1. The van der Waals surface area contributed by atoms with Gasteiger partial charge in [-0.1, -0.05) is 30.3 Å². The molecule has 0 aliphatic rings. The Kier molecular flexibility index (Phi) is 8.52. The molecule has 4 aromatic rings. The molecule has 0 saturated heterocycles. The Balaban J connectivity index is 1.47. The highest BCUT2D eigenvalue weighted by Gasteiger charge is 2.34. The number of rotatable bonds is 9. The predicted octanol–water partition coefficient (Wildman–Crippen LogP) is 5.82. The lowest BCUT2D eigenvalue weighted by molar-refractivity contribution is -0.137. The molecule has 41 heavy (non-hydrogen) atoms. The normalized spacial score (nSPS) is 12.0. The van der Waals surface area contributed by atoms with Crippen molar-refractivity contribution in [2.24, 2.45) is 5.10 Å². The zero-order chi connectivity index (χ0) is 29.8. The summed E-state index contributed by atoms with van der Waals surface area (Å²) >= 11 is 0. The van der Waals surface area contributed by atoms with Crippen LogP contribution in [0.25, 0.3) is 5.69 Å². The van der Waals surface area contributed by atoms with E-state index in [4.69, 9.17) is 4.74 Å². The molecule has 12 heteroatoms. The fraction of sp³-hybridized carbons (Fsp3) is 0.172. The molecule has 1 aromatic heterocycles. The van der Waals surface area contributed by atoms with E-state index < -0.39 is 34.2 Å². The maximum absolute atomic E-state index is 13.6. The first kappa shape index (κ1) is 29.4. The number of ether oxygens (including phenoxy) is 1. The molecule has 0 atom stereocenters. The van der Waals surface area contributed by atoms with Gasteiger partial charge in [-0.2, -0.15) is 18.3 Å². The van der Waals surface area contributed by atoms with Crippen LogP contribution in [0.4, 0.5) is 18.9 Å². The molecule has 8 nitrogen and oxygen atoms in total. The van der Waals surface area contributed by atoms with Gasteiger partial charge in [-0.3, -0.25) is 9.10 Å². The highest BCUT2D eigenvalue weighted by molar-refractivity contribution is 7.92. The number of aromatic nitrogens is 1. The van der Waals surface area contributed by atoms with Gasteiger partial charge < -0.3 is 9.30 Å². The molecular formula is C29H27F3N4O4S. The fourth-order valence-corrected chi connectivity index (χ4v) is 5.10. The van der Waals surface area contributed by atoms with Crippen LogP contribution in [0.15, 0.2) is 90.0 Å². The summed E-state index contributed by atoms with van der Waals surface area (Å²) in [4.78, 5) is 12.6. The molecule has 3 aromatic carbocycles. The summed E-state index contributed by atoms with van der Waals surface area (Å²) in [6, 6.07) is 22.1. The number of hydrazone groups is 1. The summed E-state index contributed by atoms with van der Waals surface area (Å²) in [5.41, 5.74) is 3.23. The van der Waals surface area contributed by atoms with Crippen molar-refractivity contribution < 1.29 is 31.1 Å². The number of carbonyl (C=O) groups is 1. The minimum absolute atomic E-state index is 0.0253. The number of hydrogen-bond donors (Lipinski definition) is 1. The summed E-state index contributed by atoms with van der Waals surface area (Å²) in [5.74, 6) is 0.383. The Morgan fingerprint density at radius 1 is 0.976 bits per heavy atom. The highest BCUT2D eigenvalue weighted by Crippen LogP contribution is 2.35. The van der Waals surface area contributed by atoms with E-state index in [1.165, 1.54) is 41.1 Å². The van der Waals surface area contributed by atoms with Crippen molar-refractivity contribution in [3.05, 3.63) is 107 Å². The van der Waals surface area contributed by atoms with E-state index in [2.05, 4.69) is 10.5 Å². The third-order valence-electron chi connectivity index (χ3n) is 6.10. The lowest BCUT2D eigenvalue weighted by Gasteiger charge is -2.21. The average molecular weight is 585 g/mol. The molecule has 214 valence electrons. The smallest absolute Gasteiger partial charge is 0.418 e. The molecule has 0 saturated carbocycles. The lowest BCUT2D eigenvalue weighted by atomic mass is 10.1. The van der Waals surface area contributed by atoms with Gasteiger partial charge in [-0.15, -0.1) is 0 Å². The molecule has 0 radical (unpaired) electrons. The molecule has 1 heterocycles. The summed E-state index contributed by atoms with van der Waals surface area (Å²) in [7, 11) is -3.83. The zero-order valence-corrected chi connectivity index (χ0v) is 23.2. The zero-order valence-electron chi connectivity index (χ0n) is 22.4. The molecule has 0 aliphatic heterocycles. The van der Waals surface area contributed by atoms with Gasteiger partial charge in [0.1, 0.15) is 18.0 Å². The van der Waals surface area contributed by atoms with Gasteiger partial charge in [0.25, 0.3) is 5.91 Å². The van der Waals surface area contributed by atoms with E-state index in [1.54, 1.807) is 44.2 Å². The van der Waals surface area contributed by atoms with Crippen LogP contribution in [0.5, 0.6) is 11.5 Å². The fourth-order valence-electron chi connectivity index (χ4n) is 4.24. The number of para-hydroxylation sites is 2. The van der Waals surface area contributed by atoms with E-state index in [9.17, 15) is 26.4 Å². The summed E-state index contributed by atoms with van der Waals surface area (Å²) in [6.07, 6.45) is -2.26. The molecule has 0 bridgehead atoms. The van der Waals surface area contributed by atoms with Crippen LogP contribution < -0.4 is 14.5 Å². The maximum Gasteiger partial charge on any atom is 0.418 e. The maximum atomic E-state index is 13.6. The molecule has 0 fully saturated rings. The van der Waals surface area contributed by atoms with Crippen molar-refractivity contribution >= 4 is 27.8 Å². The van der Waals surface area contributed by atoms with Crippen molar-refractivity contribution in [2.45, 2.75) is 20.0 Å². The third kappa shape index (κ3) is 7.14. The standard InChI is InChI=1S/C29H27F3N4O4S/c1-20-17-22(21(2)36(20)27-12-8-7-11-26(27)29(30,31)32)18-33-34-28(37)19-35(41(3,38)39)23-13-15-25(16-14-23)40-24-9-5-4-6-10-24/h4-18H,19H2,1-3H3,(H,34,37)/b33-18+. The third-order valence-corrected chi connectivity index (χ3v) is 7.25. The number of nitrogens with zero attached hydrogens (tertiary/aromatic N) is 3. The number of nitrogens with one attached hydrogen (secondary N) is 1. The second-order valence-corrected chi connectivity index (χ2v) is 11.1. The van der Waals surface area contributed by atoms with E-state index in [0.717, 1.165) is 16.6 Å². The molecule has 0 unspecified atom stereocenters. The number of hydrogen-bond acceptors (Lipinski definition) is 5. The SMILES string of the molecule is Cc1cc(/C=N/NC(=O)CN(c2ccc(Oc3ccccc3)cc2)S(C)(=O)=O)c(C)n1-c1ccccc1C(F)(F)F. The second kappa shape index (κ2) is 11.9. The topological polar surface area (TPSA) is 93.0 Å². The van der Waals surface area contributed by atoms with Crippen LogP contribution in [0.3, 0.4) is 0 Å². The number of aryl methyl sites for hydroxylation is 1. The molecular weight excluding hydrogens is 557 g/mol.